The molecular weight excluding hydrogens is 176 g/mol. The molecule has 6 heteroatoms. The van der Waals surface area contributed by atoms with Gasteiger partial charge in [-0.15, -0.1) is 0 Å². The van der Waals surface area contributed by atoms with Gasteiger partial charge in [-0.3, -0.25) is 4.79 Å². The second-order valence-corrected chi connectivity index (χ2v) is 3.14. The van der Waals surface area contributed by atoms with Gasteiger partial charge in [0, 0.05) is 6.54 Å². The standard InChI is InChI=1S/C7H12N2O4/c8-3-7(13)2-1-4(5(10)11)9-6(7)12/h4,13H,1-3,8H2,(H,9,12)(H,10,11). The first-order chi connectivity index (χ1) is 5.99. The molecule has 6 nitrogen and oxygen atoms in total. The maximum absolute atomic E-state index is 11.2. The lowest BCUT2D eigenvalue weighted by Crippen LogP contribution is -2.60. The molecule has 0 saturated carbocycles. The van der Waals surface area contributed by atoms with Crippen molar-refractivity contribution in [3.63, 3.8) is 0 Å². The summed E-state index contributed by atoms with van der Waals surface area (Å²) >= 11 is 0. The third-order valence-corrected chi connectivity index (χ3v) is 2.21. The van der Waals surface area contributed by atoms with Crippen LogP contribution >= 0.6 is 0 Å². The summed E-state index contributed by atoms with van der Waals surface area (Å²) < 4.78 is 0. The molecule has 0 aromatic heterocycles. The fraction of sp³-hybridized carbons (Fsp3) is 0.714. The zero-order valence-electron chi connectivity index (χ0n) is 6.99. The van der Waals surface area contributed by atoms with Crippen LogP contribution in [-0.4, -0.2) is 40.3 Å². The van der Waals surface area contributed by atoms with Gasteiger partial charge >= 0.3 is 5.97 Å². The monoisotopic (exact) mass is 188 g/mol. The lowest BCUT2D eigenvalue weighted by atomic mass is 9.89. The van der Waals surface area contributed by atoms with Gasteiger partial charge in [0.2, 0.25) is 0 Å². The number of aliphatic carboxylic acids is 1. The summed E-state index contributed by atoms with van der Waals surface area (Å²) in [6.07, 6.45) is 0.293. The zero-order chi connectivity index (χ0) is 10.1. The van der Waals surface area contributed by atoms with E-state index in [4.69, 9.17) is 10.8 Å². The fourth-order valence-electron chi connectivity index (χ4n) is 1.24. The normalized spacial score (nSPS) is 34.0. The summed E-state index contributed by atoms with van der Waals surface area (Å²) in [4.78, 5) is 21.6. The highest BCUT2D eigenvalue weighted by Gasteiger charge is 2.41. The van der Waals surface area contributed by atoms with E-state index in [0.29, 0.717) is 0 Å². The van der Waals surface area contributed by atoms with E-state index in [0.717, 1.165) is 0 Å². The number of carboxylic acid groups (broad SMARTS) is 1. The van der Waals surface area contributed by atoms with Gasteiger partial charge in [-0.25, -0.2) is 4.79 Å². The quantitative estimate of drug-likeness (QED) is 0.402. The number of amides is 1. The number of nitrogens with two attached hydrogens (primary N) is 1. The summed E-state index contributed by atoms with van der Waals surface area (Å²) in [6.45, 7) is -0.189. The summed E-state index contributed by atoms with van der Waals surface area (Å²) in [7, 11) is 0. The Morgan fingerprint density at radius 3 is 2.77 bits per heavy atom. The summed E-state index contributed by atoms with van der Waals surface area (Å²) in [5.74, 6) is -1.79. The number of carboxylic acids is 1. The van der Waals surface area contributed by atoms with E-state index in [1.807, 2.05) is 0 Å². The Bertz CT molecular complexity index is 243. The highest BCUT2D eigenvalue weighted by atomic mass is 16.4. The van der Waals surface area contributed by atoms with E-state index in [-0.39, 0.29) is 19.4 Å². The Balaban J connectivity index is 2.67. The molecule has 1 amide bonds. The minimum absolute atomic E-state index is 0.0896. The molecule has 0 radical (unpaired) electrons. The van der Waals surface area contributed by atoms with Gasteiger partial charge in [0.15, 0.2) is 5.60 Å². The van der Waals surface area contributed by atoms with E-state index in [2.05, 4.69) is 5.32 Å². The van der Waals surface area contributed by atoms with Crippen LogP contribution in [0.25, 0.3) is 0 Å². The molecule has 2 unspecified atom stereocenters. The van der Waals surface area contributed by atoms with Gasteiger partial charge in [-0.05, 0) is 12.8 Å². The van der Waals surface area contributed by atoms with Crippen molar-refractivity contribution in [2.75, 3.05) is 6.54 Å². The SMILES string of the molecule is NCC1(O)CCC(C(=O)O)NC1=O. The number of aliphatic hydroxyl groups is 1. The Morgan fingerprint density at radius 2 is 2.38 bits per heavy atom. The predicted molar refractivity (Wildman–Crippen MR) is 42.8 cm³/mol. The number of hydrogen-bond donors (Lipinski definition) is 4. The number of carbonyl (C=O) groups is 2. The van der Waals surface area contributed by atoms with Crippen LogP contribution < -0.4 is 11.1 Å². The Kier molecular flexibility index (Phi) is 2.53. The smallest absolute Gasteiger partial charge is 0.326 e. The van der Waals surface area contributed by atoms with Crippen molar-refractivity contribution in [2.45, 2.75) is 24.5 Å². The summed E-state index contributed by atoms with van der Waals surface area (Å²) in [5, 5.41) is 20.3. The van der Waals surface area contributed by atoms with Crippen LogP contribution in [0.4, 0.5) is 0 Å². The van der Waals surface area contributed by atoms with Crippen LogP contribution in [0.1, 0.15) is 12.8 Å². The van der Waals surface area contributed by atoms with E-state index in [1.54, 1.807) is 0 Å². The number of hydrogen-bond acceptors (Lipinski definition) is 4. The molecule has 1 rings (SSSR count). The van der Waals surface area contributed by atoms with Crippen molar-refractivity contribution in [1.82, 2.24) is 5.32 Å². The molecule has 0 aliphatic carbocycles. The number of rotatable bonds is 2. The van der Waals surface area contributed by atoms with Crippen molar-refractivity contribution < 1.29 is 19.8 Å². The van der Waals surface area contributed by atoms with E-state index < -0.39 is 23.5 Å². The average molecular weight is 188 g/mol. The highest BCUT2D eigenvalue weighted by Crippen LogP contribution is 2.19. The first kappa shape index (κ1) is 9.94. The molecule has 13 heavy (non-hydrogen) atoms. The van der Waals surface area contributed by atoms with Crippen LogP contribution in [-0.2, 0) is 9.59 Å². The molecule has 1 saturated heterocycles. The van der Waals surface area contributed by atoms with Crippen molar-refractivity contribution in [3.8, 4) is 0 Å². The molecule has 1 heterocycles. The first-order valence-electron chi connectivity index (χ1n) is 3.96. The molecule has 0 aromatic rings. The minimum Gasteiger partial charge on any atom is -0.480 e. The van der Waals surface area contributed by atoms with Crippen LogP contribution in [0.15, 0.2) is 0 Å². The lowest BCUT2D eigenvalue weighted by molar-refractivity contribution is -0.152. The van der Waals surface area contributed by atoms with Crippen LogP contribution in [0.5, 0.6) is 0 Å². The van der Waals surface area contributed by atoms with Gasteiger partial charge in [0.1, 0.15) is 6.04 Å². The van der Waals surface area contributed by atoms with Gasteiger partial charge in [0.25, 0.3) is 5.91 Å². The largest absolute Gasteiger partial charge is 0.480 e. The molecule has 74 valence electrons. The molecule has 0 aromatic carbocycles. The van der Waals surface area contributed by atoms with Crippen LogP contribution in [0, 0.1) is 0 Å². The van der Waals surface area contributed by atoms with Gasteiger partial charge in [-0.1, -0.05) is 0 Å². The Hall–Kier alpha value is -1.14. The number of piperidine rings is 1. The highest BCUT2D eigenvalue weighted by molar-refractivity contribution is 5.90. The number of nitrogens with one attached hydrogen (secondary N) is 1. The molecule has 0 bridgehead atoms. The molecule has 1 fully saturated rings. The molecular formula is C7H12N2O4. The van der Waals surface area contributed by atoms with Crippen molar-refractivity contribution in [2.24, 2.45) is 5.73 Å². The van der Waals surface area contributed by atoms with Gasteiger partial charge < -0.3 is 21.3 Å². The summed E-state index contributed by atoms with van der Waals surface area (Å²) in [5.41, 5.74) is 3.60. The maximum atomic E-state index is 11.2. The second kappa shape index (κ2) is 3.31. The fourth-order valence-corrected chi connectivity index (χ4v) is 1.24. The maximum Gasteiger partial charge on any atom is 0.326 e. The van der Waals surface area contributed by atoms with E-state index in [1.165, 1.54) is 0 Å². The van der Waals surface area contributed by atoms with E-state index >= 15 is 0 Å². The lowest BCUT2D eigenvalue weighted by Gasteiger charge is -2.32. The van der Waals surface area contributed by atoms with E-state index in [9.17, 15) is 14.7 Å². The van der Waals surface area contributed by atoms with Crippen molar-refractivity contribution in [1.29, 1.82) is 0 Å². The molecule has 5 N–H and O–H groups in total. The molecule has 1 aliphatic rings. The van der Waals surface area contributed by atoms with Gasteiger partial charge in [-0.2, -0.15) is 0 Å². The minimum atomic E-state index is -1.59. The third-order valence-electron chi connectivity index (χ3n) is 2.21. The molecule has 1 aliphatic heterocycles. The van der Waals surface area contributed by atoms with Gasteiger partial charge in [0.05, 0.1) is 0 Å². The Morgan fingerprint density at radius 1 is 1.77 bits per heavy atom. The topological polar surface area (TPSA) is 113 Å². The zero-order valence-corrected chi connectivity index (χ0v) is 6.99. The average Bonchev–Trinajstić information content (AvgIpc) is 2.09. The van der Waals surface area contributed by atoms with Crippen molar-refractivity contribution in [3.05, 3.63) is 0 Å². The Labute approximate surface area is 74.7 Å². The summed E-state index contributed by atoms with van der Waals surface area (Å²) in [6, 6.07) is -0.903. The second-order valence-electron chi connectivity index (χ2n) is 3.14. The van der Waals surface area contributed by atoms with Crippen molar-refractivity contribution >= 4 is 11.9 Å². The first-order valence-corrected chi connectivity index (χ1v) is 3.96. The van der Waals surface area contributed by atoms with Crippen LogP contribution in [0.3, 0.4) is 0 Å². The number of carbonyl (C=O) groups excluding carboxylic acids is 1. The molecule has 0 spiro atoms. The predicted octanol–water partition coefficient (Wildman–Crippen LogP) is -1.96. The van der Waals surface area contributed by atoms with Crippen LogP contribution in [0.2, 0.25) is 0 Å². The third kappa shape index (κ3) is 1.78. The molecule has 2 atom stereocenters.